The summed E-state index contributed by atoms with van der Waals surface area (Å²) in [6.07, 6.45) is 25.1. The van der Waals surface area contributed by atoms with Crippen molar-refractivity contribution in [3.05, 3.63) is 0 Å². The smallest absolute Gasteiger partial charge is 0.303 e. The average molecular weight is 727 g/mol. The summed E-state index contributed by atoms with van der Waals surface area (Å²) in [5.74, 6) is -1.62. The van der Waals surface area contributed by atoms with E-state index in [1.165, 1.54) is 109 Å². The molecule has 1 heterocycles. The van der Waals surface area contributed by atoms with Crippen LogP contribution in [-0.4, -0.2) is 86.8 Å². The van der Waals surface area contributed by atoms with Gasteiger partial charge in [0.1, 0.15) is 24.4 Å². The minimum Gasteiger partial charge on any atom is -0.481 e. The van der Waals surface area contributed by atoms with Gasteiger partial charge >= 0.3 is 5.97 Å². The molecule has 5 N–H and O–H groups in total. The van der Waals surface area contributed by atoms with Crippen LogP contribution in [0.1, 0.15) is 200 Å². The van der Waals surface area contributed by atoms with Crippen molar-refractivity contribution in [3.8, 4) is 0 Å². The fourth-order valence-corrected chi connectivity index (χ4v) is 7.13. The summed E-state index contributed by atoms with van der Waals surface area (Å²) in [5, 5.41) is 43.3. The van der Waals surface area contributed by atoms with Gasteiger partial charge in [-0.15, -0.1) is 0 Å². The van der Waals surface area contributed by atoms with E-state index in [9.17, 15) is 29.7 Å². The van der Waals surface area contributed by atoms with Gasteiger partial charge in [0.25, 0.3) is 0 Å². The molecule has 0 radical (unpaired) electrons. The highest BCUT2D eigenvalue weighted by Gasteiger charge is 2.48. The Balaban J connectivity index is 2.68. The second-order valence-electron chi connectivity index (χ2n) is 15.0. The largest absolute Gasteiger partial charge is 0.481 e. The van der Waals surface area contributed by atoms with Crippen LogP contribution >= 0.6 is 0 Å². The molecular weight excluding hydrogens is 648 g/mol. The van der Waals surface area contributed by atoms with Crippen molar-refractivity contribution in [2.75, 3.05) is 13.2 Å². The summed E-state index contributed by atoms with van der Waals surface area (Å²) in [6, 6.07) is -1.12. The van der Waals surface area contributed by atoms with E-state index in [-0.39, 0.29) is 25.2 Å². The van der Waals surface area contributed by atoms with Crippen molar-refractivity contribution in [1.29, 1.82) is 0 Å². The Kier molecular flexibility index (Phi) is 29.4. The summed E-state index contributed by atoms with van der Waals surface area (Å²) in [5.41, 5.74) is 0. The van der Waals surface area contributed by atoms with Crippen LogP contribution in [0.4, 0.5) is 0 Å². The van der Waals surface area contributed by atoms with E-state index >= 15 is 0 Å². The fraction of sp³-hybridized carbons (Fsp3) is 0.927. The van der Waals surface area contributed by atoms with Gasteiger partial charge in [-0.25, -0.2) is 0 Å². The number of carbonyl (C=O) groups is 3. The molecule has 0 aromatic heterocycles. The van der Waals surface area contributed by atoms with Gasteiger partial charge < -0.3 is 35.4 Å². The van der Waals surface area contributed by atoms with Gasteiger partial charge in [-0.1, -0.05) is 162 Å². The molecule has 0 aliphatic carbocycles. The van der Waals surface area contributed by atoms with Gasteiger partial charge in [0.2, 0.25) is 11.8 Å². The highest BCUT2D eigenvalue weighted by molar-refractivity contribution is 5.78. The van der Waals surface area contributed by atoms with Crippen LogP contribution in [0.25, 0.3) is 0 Å². The Morgan fingerprint density at radius 2 is 1.00 bits per heavy atom. The minimum atomic E-state index is -1.47. The summed E-state index contributed by atoms with van der Waals surface area (Å²) < 4.78 is 6.07. The Morgan fingerprint density at radius 3 is 1.43 bits per heavy atom. The van der Waals surface area contributed by atoms with Crippen molar-refractivity contribution in [1.82, 2.24) is 10.2 Å². The molecule has 1 aliphatic heterocycles. The molecule has 51 heavy (non-hydrogen) atoms. The number of nitrogens with zero attached hydrogens (tertiary/aromatic N) is 1. The Labute approximate surface area is 310 Å². The summed E-state index contributed by atoms with van der Waals surface area (Å²) >= 11 is 0. The van der Waals surface area contributed by atoms with Crippen LogP contribution in [-0.2, 0) is 19.1 Å². The van der Waals surface area contributed by atoms with Crippen LogP contribution < -0.4 is 5.32 Å². The number of rotatable bonds is 34. The molecular formula is C41H78N2O8. The van der Waals surface area contributed by atoms with E-state index in [1.807, 2.05) is 0 Å². The molecule has 0 bridgehead atoms. The normalized spacial score (nSPS) is 20.4. The predicted octanol–water partition coefficient (Wildman–Crippen LogP) is 8.18. The molecule has 0 unspecified atom stereocenters. The quantitative estimate of drug-likeness (QED) is 0.0416. The number of carboxylic acids is 1. The Bertz CT molecular complexity index is 875. The Morgan fingerprint density at radius 1 is 0.569 bits per heavy atom. The standard InChI is InChI=1S/C41H78N2O8/c1-3-5-7-9-11-13-15-16-17-18-19-20-22-24-26-30-36(46)43(32-27-25-23-21-14-12-10-8-6-4-2)41-38(40(50)39(49)34(33-44)51-41)42-35(45)29-28-31-37(47)48/h34,38-41,44,49-50H,3-33H2,1-2H3,(H,42,45)(H,47,48)/t34-,38+,39+,40-,41-/m1/s1. The van der Waals surface area contributed by atoms with Crippen LogP contribution in [0.3, 0.4) is 0 Å². The number of aliphatic carboxylic acids is 1. The predicted molar refractivity (Wildman–Crippen MR) is 204 cm³/mol. The topological polar surface area (TPSA) is 157 Å². The molecule has 0 saturated carbocycles. The van der Waals surface area contributed by atoms with E-state index in [0.29, 0.717) is 13.0 Å². The first-order chi connectivity index (χ1) is 24.8. The third kappa shape index (κ3) is 22.8. The molecule has 1 saturated heterocycles. The lowest BCUT2D eigenvalue weighted by Crippen LogP contribution is -2.68. The first kappa shape index (κ1) is 47.3. The third-order valence-electron chi connectivity index (χ3n) is 10.4. The van der Waals surface area contributed by atoms with Crippen molar-refractivity contribution in [2.45, 2.75) is 231 Å². The molecule has 5 atom stereocenters. The molecule has 0 aromatic rings. The second kappa shape index (κ2) is 31.7. The average Bonchev–Trinajstić information content (AvgIpc) is 3.11. The number of aliphatic hydroxyl groups excluding tert-OH is 3. The molecule has 1 rings (SSSR count). The maximum Gasteiger partial charge on any atom is 0.303 e. The zero-order valence-electron chi connectivity index (χ0n) is 32.7. The molecule has 10 heteroatoms. The highest BCUT2D eigenvalue weighted by Crippen LogP contribution is 2.26. The number of carbonyl (C=O) groups excluding carboxylic acids is 2. The number of unbranched alkanes of at least 4 members (excludes halogenated alkanes) is 23. The SMILES string of the molecule is CCCCCCCCCCCCCCCCCC(=O)N(CCCCCCCCCCCC)[C@@H]1O[C@H](CO)[C@H](O)[C@H](O)[C@@H]1NC(=O)CCCC(=O)O. The minimum absolute atomic E-state index is 0.0761. The molecule has 0 spiro atoms. The van der Waals surface area contributed by atoms with Crippen molar-refractivity contribution in [2.24, 2.45) is 0 Å². The van der Waals surface area contributed by atoms with Gasteiger partial charge in [-0.3, -0.25) is 14.4 Å². The number of amides is 2. The van der Waals surface area contributed by atoms with Crippen molar-refractivity contribution in [3.63, 3.8) is 0 Å². The lowest BCUT2D eigenvalue weighted by molar-refractivity contribution is -0.231. The first-order valence-corrected chi connectivity index (χ1v) is 21.2. The molecule has 1 fully saturated rings. The third-order valence-corrected chi connectivity index (χ3v) is 10.4. The summed E-state index contributed by atoms with van der Waals surface area (Å²) in [4.78, 5) is 39.1. The number of ether oxygens (including phenoxy) is 1. The molecule has 1 aliphatic rings. The van der Waals surface area contributed by atoms with Gasteiger partial charge in [0.05, 0.1) is 6.61 Å². The van der Waals surface area contributed by atoms with Crippen LogP contribution in [0.2, 0.25) is 0 Å². The van der Waals surface area contributed by atoms with Gasteiger partial charge in [-0.2, -0.15) is 0 Å². The number of hydrogen-bond acceptors (Lipinski definition) is 7. The summed E-state index contributed by atoms with van der Waals surface area (Å²) in [7, 11) is 0. The van der Waals surface area contributed by atoms with E-state index in [0.717, 1.165) is 51.4 Å². The monoisotopic (exact) mass is 727 g/mol. The van der Waals surface area contributed by atoms with Crippen LogP contribution in [0.5, 0.6) is 0 Å². The molecule has 0 aromatic carbocycles. The van der Waals surface area contributed by atoms with Crippen molar-refractivity contribution < 1.29 is 39.5 Å². The van der Waals surface area contributed by atoms with E-state index in [1.54, 1.807) is 4.90 Å². The molecule has 300 valence electrons. The Hall–Kier alpha value is -1.75. The van der Waals surface area contributed by atoms with Crippen molar-refractivity contribution >= 4 is 17.8 Å². The zero-order chi connectivity index (χ0) is 37.5. The van der Waals surface area contributed by atoms with Gasteiger partial charge in [-0.05, 0) is 19.3 Å². The lowest BCUT2D eigenvalue weighted by atomic mass is 9.94. The molecule has 2 amide bonds. The fourth-order valence-electron chi connectivity index (χ4n) is 7.13. The number of nitrogens with one attached hydrogen (secondary N) is 1. The van der Waals surface area contributed by atoms with E-state index in [4.69, 9.17) is 9.84 Å². The summed E-state index contributed by atoms with van der Waals surface area (Å²) in [6.45, 7) is 4.31. The van der Waals surface area contributed by atoms with E-state index in [2.05, 4.69) is 19.2 Å². The lowest BCUT2D eigenvalue weighted by Gasteiger charge is -2.47. The number of aliphatic hydroxyl groups is 3. The highest BCUT2D eigenvalue weighted by atomic mass is 16.5. The first-order valence-electron chi connectivity index (χ1n) is 21.2. The maximum absolute atomic E-state index is 13.8. The molecule has 10 nitrogen and oxygen atoms in total. The van der Waals surface area contributed by atoms with Gasteiger partial charge in [0, 0.05) is 25.8 Å². The zero-order valence-corrected chi connectivity index (χ0v) is 32.7. The van der Waals surface area contributed by atoms with E-state index < -0.39 is 49.1 Å². The van der Waals surface area contributed by atoms with Crippen LogP contribution in [0.15, 0.2) is 0 Å². The van der Waals surface area contributed by atoms with Gasteiger partial charge in [0.15, 0.2) is 6.23 Å². The second-order valence-corrected chi connectivity index (χ2v) is 15.0. The maximum atomic E-state index is 13.8. The van der Waals surface area contributed by atoms with Crippen LogP contribution in [0, 0.1) is 0 Å². The number of carboxylic acid groups (broad SMARTS) is 1. The number of hydrogen-bond donors (Lipinski definition) is 5.